The fourth-order valence-electron chi connectivity index (χ4n) is 2.00. The third-order valence-electron chi connectivity index (χ3n) is 3.42. The summed E-state index contributed by atoms with van der Waals surface area (Å²) in [7, 11) is -3.50. The van der Waals surface area contributed by atoms with Gasteiger partial charge in [0.15, 0.2) is 0 Å². The molecule has 1 aliphatic carbocycles. The second-order valence-electron chi connectivity index (χ2n) is 5.20. The summed E-state index contributed by atoms with van der Waals surface area (Å²) in [5.41, 5.74) is 1.09. The topological polar surface area (TPSA) is 71.3 Å². The summed E-state index contributed by atoms with van der Waals surface area (Å²) in [6.07, 6.45) is 4.00. The number of hydrogen-bond donors (Lipinski definition) is 2. The van der Waals surface area contributed by atoms with Crippen LogP contribution in [0.2, 0.25) is 0 Å². The number of hydrogen-bond acceptors (Lipinski definition) is 4. The van der Waals surface area contributed by atoms with Crippen LogP contribution in [0, 0.1) is 0 Å². The van der Waals surface area contributed by atoms with Gasteiger partial charge in [0.2, 0.25) is 10.0 Å². The van der Waals surface area contributed by atoms with Gasteiger partial charge in [-0.25, -0.2) is 13.1 Å². The van der Waals surface area contributed by atoms with Crippen LogP contribution >= 0.6 is 0 Å². The molecule has 21 heavy (non-hydrogen) atoms. The summed E-state index contributed by atoms with van der Waals surface area (Å²) < 4.78 is 31.9. The SMILES string of the molecule is O=S(=O)(NCc1ccco1)c1ccc(CNC2CC2)cc1. The van der Waals surface area contributed by atoms with Crippen LogP contribution in [-0.2, 0) is 23.1 Å². The first kappa shape index (κ1) is 14.3. The molecular formula is C15H18N2O3S. The molecule has 1 aliphatic rings. The predicted molar refractivity (Wildman–Crippen MR) is 79.0 cm³/mol. The third kappa shape index (κ3) is 3.93. The fraction of sp³-hybridized carbons (Fsp3) is 0.333. The molecule has 0 spiro atoms. The van der Waals surface area contributed by atoms with Gasteiger partial charge in [-0.05, 0) is 42.7 Å². The molecule has 3 rings (SSSR count). The van der Waals surface area contributed by atoms with E-state index in [0.717, 1.165) is 12.1 Å². The summed E-state index contributed by atoms with van der Waals surface area (Å²) in [5.74, 6) is 0.587. The Labute approximate surface area is 124 Å². The first-order valence-electron chi connectivity index (χ1n) is 6.98. The van der Waals surface area contributed by atoms with E-state index < -0.39 is 10.0 Å². The molecule has 1 saturated carbocycles. The van der Waals surface area contributed by atoms with Crippen molar-refractivity contribution in [2.45, 2.75) is 36.9 Å². The average molecular weight is 306 g/mol. The van der Waals surface area contributed by atoms with E-state index in [9.17, 15) is 8.42 Å². The Balaban J connectivity index is 1.61. The fourth-order valence-corrected chi connectivity index (χ4v) is 2.99. The number of furan rings is 1. The van der Waals surface area contributed by atoms with Gasteiger partial charge >= 0.3 is 0 Å². The van der Waals surface area contributed by atoms with Crippen LogP contribution in [0.15, 0.2) is 52.0 Å². The molecule has 0 unspecified atom stereocenters. The van der Waals surface area contributed by atoms with Crippen LogP contribution < -0.4 is 10.0 Å². The van der Waals surface area contributed by atoms with Crippen LogP contribution in [0.1, 0.15) is 24.2 Å². The maximum Gasteiger partial charge on any atom is 0.240 e. The van der Waals surface area contributed by atoms with Crippen LogP contribution in [0.4, 0.5) is 0 Å². The van der Waals surface area contributed by atoms with E-state index in [-0.39, 0.29) is 11.4 Å². The molecular weight excluding hydrogens is 288 g/mol. The summed E-state index contributed by atoms with van der Waals surface area (Å²) in [6.45, 7) is 0.936. The Bertz CT molecular complexity index is 674. The third-order valence-corrected chi connectivity index (χ3v) is 4.84. The molecule has 0 atom stereocenters. The highest BCUT2D eigenvalue weighted by atomic mass is 32.2. The highest BCUT2D eigenvalue weighted by molar-refractivity contribution is 7.89. The molecule has 1 heterocycles. The molecule has 5 nitrogen and oxygen atoms in total. The van der Waals surface area contributed by atoms with Crippen molar-refractivity contribution in [2.24, 2.45) is 0 Å². The lowest BCUT2D eigenvalue weighted by molar-refractivity contribution is 0.498. The molecule has 2 N–H and O–H groups in total. The summed E-state index contributed by atoms with van der Waals surface area (Å²) in [5, 5.41) is 3.40. The molecule has 0 aliphatic heterocycles. The Kier molecular flexibility index (Phi) is 4.10. The van der Waals surface area contributed by atoms with Gasteiger partial charge in [-0.2, -0.15) is 0 Å². The number of nitrogens with one attached hydrogen (secondary N) is 2. The molecule has 0 saturated heterocycles. The average Bonchev–Trinajstić information content (AvgIpc) is 3.17. The molecule has 2 aromatic rings. The molecule has 1 aromatic heterocycles. The lowest BCUT2D eigenvalue weighted by Gasteiger charge is -2.07. The standard InChI is InChI=1S/C15H18N2O3S/c18-21(19,17-11-14-2-1-9-20-14)15-7-3-12(4-8-15)10-16-13-5-6-13/h1-4,7-9,13,16-17H,5-6,10-11H2. The van der Waals surface area contributed by atoms with Gasteiger partial charge in [0.1, 0.15) is 5.76 Å². The molecule has 1 aromatic carbocycles. The maximum absolute atomic E-state index is 12.1. The van der Waals surface area contributed by atoms with E-state index in [1.165, 1.54) is 19.1 Å². The molecule has 0 bridgehead atoms. The van der Waals surface area contributed by atoms with Crippen molar-refractivity contribution >= 4 is 10.0 Å². The van der Waals surface area contributed by atoms with Gasteiger partial charge in [0, 0.05) is 12.6 Å². The van der Waals surface area contributed by atoms with Crippen LogP contribution in [0.25, 0.3) is 0 Å². The minimum atomic E-state index is -3.50. The van der Waals surface area contributed by atoms with Gasteiger partial charge in [-0.3, -0.25) is 0 Å². The lowest BCUT2D eigenvalue weighted by atomic mass is 10.2. The Hall–Kier alpha value is -1.63. The van der Waals surface area contributed by atoms with Crippen molar-refractivity contribution in [3.63, 3.8) is 0 Å². The van der Waals surface area contributed by atoms with Crippen molar-refractivity contribution in [3.8, 4) is 0 Å². The maximum atomic E-state index is 12.1. The monoisotopic (exact) mass is 306 g/mol. The van der Waals surface area contributed by atoms with E-state index in [1.807, 2.05) is 12.1 Å². The van der Waals surface area contributed by atoms with Crippen LogP contribution in [0.5, 0.6) is 0 Å². The van der Waals surface area contributed by atoms with Gasteiger partial charge in [-0.1, -0.05) is 12.1 Å². The predicted octanol–water partition coefficient (Wildman–Crippen LogP) is 2.01. The zero-order valence-electron chi connectivity index (χ0n) is 11.6. The van der Waals surface area contributed by atoms with Crippen LogP contribution in [0.3, 0.4) is 0 Å². The van der Waals surface area contributed by atoms with Crippen molar-refractivity contribution in [1.82, 2.24) is 10.0 Å². The summed E-state index contributed by atoms with van der Waals surface area (Å²) >= 11 is 0. The van der Waals surface area contributed by atoms with E-state index >= 15 is 0 Å². The summed E-state index contributed by atoms with van der Waals surface area (Å²) in [4.78, 5) is 0.268. The van der Waals surface area contributed by atoms with Gasteiger partial charge < -0.3 is 9.73 Å². The Morgan fingerprint density at radius 3 is 2.48 bits per heavy atom. The lowest BCUT2D eigenvalue weighted by Crippen LogP contribution is -2.23. The smallest absolute Gasteiger partial charge is 0.240 e. The zero-order chi connectivity index (χ0) is 14.7. The quantitative estimate of drug-likeness (QED) is 0.821. The first-order valence-corrected chi connectivity index (χ1v) is 8.46. The van der Waals surface area contributed by atoms with Crippen molar-refractivity contribution in [1.29, 1.82) is 0 Å². The zero-order valence-corrected chi connectivity index (χ0v) is 12.4. The Morgan fingerprint density at radius 2 is 1.86 bits per heavy atom. The number of benzene rings is 1. The van der Waals surface area contributed by atoms with E-state index in [2.05, 4.69) is 10.0 Å². The number of sulfonamides is 1. The Morgan fingerprint density at radius 1 is 1.10 bits per heavy atom. The summed E-state index contributed by atoms with van der Waals surface area (Å²) in [6, 6.07) is 11.1. The molecule has 1 fully saturated rings. The second kappa shape index (κ2) is 6.01. The minimum Gasteiger partial charge on any atom is -0.468 e. The van der Waals surface area contributed by atoms with Gasteiger partial charge in [0.25, 0.3) is 0 Å². The van der Waals surface area contributed by atoms with Crippen molar-refractivity contribution < 1.29 is 12.8 Å². The van der Waals surface area contributed by atoms with Crippen LogP contribution in [-0.4, -0.2) is 14.5 Å². The second-order valence-corrected chi connectivity index (χ2v) is 6.97. The normalized spacial score (nSPS) is 15.2. The van der Waals surface area contributed by atoms with E-state index in [1.54, 1.807) is 24.3 Å². The van der Waals surface area contributed by atoms with Crippen molar-refractivity contribution in [2.75, 3.05) is 0 Å². The molecule has 0 radical (unpaired) electrons. The van der Waals surface area contributed by atoms with E-state index in [4.69, 9.17) is 4.42 Å². The largest absolute Gasteiger partial charge is 0.468 e. The molecule has 112 valence electrons. The van der Waals surface area contributed by atoms with Gasteiger partial charge in [0.05, 0.1) is 17.7 Å². The number of rotatable bonds is 7. The van der Waals surface area contributed by atoms with E-state index in [0.29, 0.717) is 11.8 Å². The van der Waals surface area contributed by atoms with Gasteiger partial charge in [-0.15, -0.1) is 0 Å². The highest BCUT2D eigenvalue weighted by Gasteiger charge is 2.20. The molecule has 6 heteroatoms. The highest BCUT2D eigenvalue weighted by Crippen LogP contribution is 2.19. The first-order chi connectivity index (χ1) is 10.1. The molecule has 0 amide bonds. The van der Waals surface area contributed by atoms with Crippen molar-refractivity contribution in [3.05, 3.63) is 54.0 Å². The minimum absolute atomic E-state index is 0.153.